The number of fused-ring (bicyclic) bond motifs is 1. The molecule has 2 aromatic rings. The fraction of sp³-hybridized carbons (Fsp3) is 0. The molecule has 4 heteroatoms. The Labute approximate surface area is 56.0 Å². The maximum Gasteiger partial charge on any atom is 0.224 e. The lowest BCUT2D eigenvalue weighted by Crippen LogP contribution is -1.97. The molecule has 0 radical (unpaired) electrons. The van der Waals surface area contributed by atoms with Crippen molar-refractivity contribution < 1.29 is 4.42 Å². The number of aromatic nitrogens is 2. The number of hydrogen-bond donors (Lipinski definition) is 2. The molecule has 0 aliphatic heterocycles. The van der Waals surface area contributed by atoms with E-state index < -0.39 is 0 Å². The summed E-state index contributed by atoms with van der Waals surface area (Å²) in [6.45, 7) is 0. The second-order valence-electron chi connectivity index (χ2n) is 1.94. The quantitative estimate of drug-likeness (QED) is 0.556. The van der Waals surface area contributed by atoms with E-state index in [0.29, 0.717) is 5.39 Å². The lowest BCUT2D eigenvalue weighted by molar-refractivity contribution is 0.479. The van der Waals surface area contributed by atoms with Crippen molar-refractivity contribution in [2.45, 2.75) is 0 Å². The number of aromatic amines is 1. The fourth-order valence-electron chi connectivity index (χ4n) is 0.844. The Balaban J connectivity index is 3.09. The van der Waals surface area contributed by atoms with Crippen molar-refractivity contribution >= 4 is 10.9 Å². The standard InChI is InChI=1S/C6H5N3O/c7-6-4-1-8-2-5(4)9-3-10-6/h1-3,7-8H. The molecule has 2 heterocycles. The van der Waals surface area contributed by atoms with Gasteiger partial charge in [0.05, 0.1) is 10.9 Å². The predicted octanol–water partition coefficient (Wildman–Crippen LogP) is 0.635. The molecule has 0 fully saturated rings. The zero-order valence-corrected chi connectivity index (χ0v) is 5.09. The molecule has 0 spiro atoms. The van der Waals surface area contributed by atoms with Gasteiger partial charge in [-0.1, -0.05) is 0 Å². The van der Waals surface area contributed by atoms with E-state index in [1.54, 1.807) is 12.4 Å². The first kappa shape index (κ1) is 5.22. The van der Waals surface area contributed by atoms with Gasteiger partial charge in [-0.15, -0.1) is 0 Å². The van der Waals surface area contributed by atoms with Gasteiger partial charge in [0.15, 0.2) is 6.39 Å². The third-order valence-electron chi connectivity index (χ3n) is 1.33. The number of rotatable bonds is 0. The van der Waals surface area contributed by atoms with Crippen LogP contribution in [0.2, 0.25) is 0 Å². The van der Waals surface area contributed by atoms with Gasteiger partial charge < -0.3 is 9.40 Å². The highest BCUT2D eigenvalue weighted by Crippen LogP contribution is 2.01. The van der Waals surface area contributed by atoms with Crippen molar-refractivity contribution in [1.29, 1.82) is 5.41 Å². The van der Waals surface area contributed by atoms with Crippen LogP contribution in [0.25, 0.3) is 10.9 Å². The van der Waals surface area contributed by atoms with Crippen molar-refractivity contribution in [3.63, 3.8) is 0 Å². The van der Waals surface area contributed by atoms with Crippen LogP contribution in [0.3, 0.4) is 0 Å². The zero-order valence-electron chi connectivity index (χ0n) is 5.09. The molecule has 0 unspecified atom stereocenters. The van der Waals surface area contributed by atoms with Crippen LogP contribution in [0.15, 0.2) is 23.2 Å². The Hall–Kier alpha value is -1.58. The molecule has 0 amide bonds. The number of hydrogen-bond acceptors (Lipinski definition) is 3. The lowest BCUT2D eigenvalue weighted by Gasteiger charge is -1.83. The Morgan fingerprint density at radius 1 is 1.50 bits per heavy atom. The highest BCUT2D eigenvalue weighted by molar-refractivity contribution is 5.75. The van der Waals surface area contributed by atoms with Gasteiger partial charge in [0.1, 0.15) is 0 Å². The summed E-state index contributed by atoms with van der Waals surface area (Å²) >= 11 is 0. The Kier molecular flexibility index (Phi) is 0.887. The monoisotopic (exact) mass is 135 g/mol. The second-order valence-corrected chi connectivity index (χ2v) is 1.94. The van der Waals surface area contributed by atoms with Gasteiger partial charge in [0, 0.05) is 12.4 Å². The van der Waals surface area contributed by atoms with E-state index in [1.807, 2.05) is 0 Å². The minimum absolute atomic E-state index is 0.145. The highest BCUT2D eigenvalue weighted by atomic mass is 16.3. The van der Waals surface area contributed by atoms with Crippen molar-refractivity contribution in [3.8, 4) is 0 Å². The average Bonchev–Trinajstić information content (AvgIpc) is 2.36. The molecular formula is C6H5N3O. The SMILES string of the molecule is N=c1ocnc2c[nH]cc12. The number of H-pyrrole nitrogens is 1. The molecule has 10 heavy (non-hydrogen) atoms. The maximum atomic E-state index is 7.25. The summed E-state index contributed by atoms with van der Waals surface area (Å²) in [5, 5.41) is 7.96. The van der Waals surface area contributed by atoms with Crippen LogP contribution in [0.1, 0.15) is 0 Å². The average molecular weight is 135 g/mol. The molecule has 2 aromatic heterocycles. The van der Waals surface area contributed by atoms with Crippen molar-refractivity contribution in [2.24, 2.45) is 0 Å². The summed E-state index contributed by atoms with van der Waals surface area (Å²) in [5.41, 5.74) is 0.905. The van der Waals surface area contributed by atoms with Crippen molar-refractivity contribution in [2.75, 3.05) is 0 Å². The van der Waals surface area contributed by atoms with Crippen LogP contribution in [0, 0.1) is 5.41 Å². The molecule has 2 N–H and O–H groups in total. The largest absolute Gasteiger partial charge is 0.427 e. The minimum Gasteiger partial charge on any atom is -0.427 e. The summed E-state index contributed by atoms with van der Waals surface area (Å²) in [5.74, 6) is 0. The van der Waals surface area contributed by atoms with Gasteiger partial charge >= 0.3 is 0 Å². The first-order valence-electron chi connectivity index (χ1n) is 2.83. The smallest absolute Gasteiger partial charge is 0.224 e. The van der Waals surface area contributed by atoms with E-state index in [4.69, 9.17) is 9.83 Å². The van der Waals surface area contributed by atoms with Crippen molar-refractivity contribution in [1.82, 2.24) is 9.97 Å². The van der Waals surface area contributed by atoms with Gasteiger partial charge in [-0.2, -0.15) is 0 Å². The van der Waals surface area contributed by atoms with Gasteiger partial charge in [0.25, 0.3) is 0 Å². The molecule has 0 bridgehead atoms. The van der Waals surface area contributed by atoms with E-state index in [2.05, 4.69) is 9.97 Å². The molecule has 0 saturated heterocycles. The second kappa shape index (κ2) is 1.70. The van der Waals surface area contributed by atoms with Crippen LogP contribution in [0.4, 0.5) is 0 Å². The Morgan fingerprint density at radius 3 is 3.20 bits per heavy atom. The topological polar surface area (TPSA) is 65.7 Å². The number of nitrogens with zero attached hydrogens (tertiary/aromatic N) is 1. The highest BCUT2D eigenvalue weighted by Gasteiger charge is 1.95. The van der Waals surface area contributed by atoms with Crippen LogP contribution in [0.5, 0.6) is 0 Å². The van der Waals surface area contributed by atoms with E-state index in [-0.39, 0.29) is 5.55 Å². The molecule has 0 saturated carbocycles. The van der Waals surface area contributed by atoms with E-state index >= 15 is 0 Å². The first-order chi connectivity index (χ1) is 4.88. The minimum atomic E-state index is 0.145. The van der Waals surface area contributed by atoms with Crippen LogP contribution in [-0.2, 0) is 0 Å². The maximum absolute atomic E-state index is 7.25. The molecule has 4 nitrogen and oxygen atoms in total. The third-order valence-corrected chi connectivity index (χ3v) is 1.33. The molecule has 0 atom stereocenters. The van der Waals surface area contributed by atoms with Crippen LogP contribution < -0.4 is 5.55 Å². The normalized spacial score (nSPS) is 10.4. The van der Waals surface area contributed by atoms with Gasteiger partial charge in [-0.05, 0) is 0 Å². The molecule has 0 aromatic carbocycles. The molecular weight excluding hydrogens is 130 g/mol. The van der Waals surface area contributed by atoms with Crippen molar-refractivity contribution in [3.05, 3.63) is 24.3 Å². The van der Waals surface area contributed by atoms with Gasteiger partial charge in [-0.3, -0.25) is 5.41 Å². The zero-order chi connectivity index (χ0) is 6.97. The van der Waals surface area contributed by atoms with E-state index in [9.17, 15) is 0 Å². The van der Waals surface area contributed by atoms with Crippen LogP contribution in [-0.4, -0.2) is 9.97 Å². The predicted molar refractivity (Wildman–Crippen MR) is 34.2 cm³/mol. The van der Waals surface area contributed by atoms with E-state index in [0.717, 1.165) is 5.52 Å². The summed E-state index contributed by atoms with van der Waals surface area (Å²) < 4.78 is 4.73. The van der Waals surface area contributed by atoms with Gasteiger partial charge in [-0.25, -0.2) is 4.98 Å². The van der Waals surface area contributed by atoms with E-state index in [1.165, 1.54) is 6.39 Å². The van der Waals surface area contributed by atoms with Gasteiger partial charge in [0.2, 0.25) is 5.55 Å². The molecule has 50 valence electrons. The fourth-order valence-corrected chi connectivity index (χ4v) is 0.844. The third kappa shape index (κ3) is 0.556. The summed E-state index contributed by atoms with van der Waals surface area (Å²) in [6.07, 6.45) is 4.68. The molecule has 0 aliphatic carbocycles. The van der Waals surface area contributed by atoms with Crippen LogP contribution >= 0.6 is 0 Å². The Bertz CT molecular complexity index is 400. The first-order valence-corrected chi connectivity index (χ1v) is 2.83. The summed E-state index contributed by atoms with van der Waals surface area (Å²) in [7, 11) is 0. The lowest BCUT2D eigenvalue weighted by atomic mass is 10.4. The summed E-state index contributed by atoms with van der Waals surface area (Å²) in [4.78, 5) is 6.72. The molecule has 0 aliphatic rings. The Morgan fingerprint density at radius 2 is 2.40 bits per heavy atom. The summed E-state index contributed by atoms with van der Waals surface area (Å²) in [6, 6.07) is 0. The molecule has 2 rings (SSSR count). The number of nitrogens with one attached hydrogen (secondary N) is 2.